The average molecular weight is 166 g/mol. The van der Waals surface area contributed by atoms with E-state index in [1.165, 1.54) is 25.7 Å². The molecule has 0 aromatic carbocycles. The quantitative estimate of drug-likeness (QED) is 0.597. The summed E-state index contributed by atoms with van der Waals surface area (Å²) in [5, 5.41) is 0. The zero-order chi connectivity index (χ0) is 8.98. The topological polar surface area (TPSA) is 0 Å². The summed E-state index contributed by atoms with van der Waals surface area (Å²) in [6, 6.07) is 0. The van der Waals surface area contributed by atoms with E-state index in [1.807, 2.05) is 0 Å². The van der Waals surface area contributed by atoms with Crippen molar-refractivity contribution in [1.82, 2.24) is 0 Å². The first-order valence-electron chi connectivity index (χ1n) is 5.60. The van der Waals surface area contributed by atoms with Crippen LogP contribution < -0.4 is 0 Å². The predicted octanol–water partition coefficient (Wildman–Crippen LogP) is 3.86. The van der Waals surface area contributed by atoms with Crippen LogP contribution >= 0.6 is 0 Å². The lowest BCUT2D eigenvalue weighted by Gasteiger charge is -2.52. The zero-order valence-electron chi connectivity index (χ0n) is 8.98. The zero-order valence-corrected chi connectivity index (χ0v) is 8.98. The Bertz CT molecular complexity index is 196. The molecule has 0 saturated heterocycles. The second kappa shape index (κ2) is 2.27. The summed E-state index contributed by atoms with van der Waals surface area (Å²) in [5.74, 6) is 2.07. The Morgan fingerprint density at radius 1 is 1.33 bits per heavy atom. The molecule has 0 nitrogen and oxygen atoms in total. The molecule has 0 amide bonds. The van der Waals surface area contributed by atoms with Crippen LogP contribution in [-0.4, -0.2) is 0 Å². The van der Waals surface area contributed by atoms with Crippen molar-refractivity contribution in [3.05, 3.63) is 0 Å². The second-order valence-electron chi connectivity index (χ2n) is 5.34. The van der Waals surface area contributed by atoms with E-state index in [9.17, 15) is 0 Å². The fourth-order valence-corrected chi connectivity index (χ4v) is 3.95. The third-order valence-electron chi connectivity index (χ3n) is 5.35. The summed E-state index contributed by atoms with van der Waals surface area (Å²) in [6.07, 6.45) is 5.85. The first kappa shape index (κ1) is 8.59. The van der Waals surface area contributed by atoms with E-state index in [-0.39, 0.29) is 0 Å². The molecule has 4 unspecified atom stereocenters. The molecule has 0 spiro atoms. The molecule has 0 aliphatic heterocycles. The molecule has 12 heavy (non-hydrogen) atoms. The summed E-state index contributed by atoms with van der Waals surface area (Å²) < 4.78 is 0. The lowest BCUT2D eigenvalue weighted by molar-refractivity contribution is -0.0334. The maximum atomic E-state index is 2.52. The van der Waals surface area contributed by atoms with E-state index in [0.29, 0.717) is 0 Å². The molecule has 0 heterocycles. The van der Waals surface area contributed by atoms with Crippen LogP contribution in [0.2, 0.25) is 0 Å². The van der Waals surface area contributed by atoms with Crippen molar-refractivity contribution >= 4 is 0 Å². The molecule has 2 fully saturated rings. The van der Waals surface area contributed by atoms with Crippen LogP contribution in [-0.2, 0) is 0 Å². The highest BCUT2D eigenvalue weighted by atomic mass is 14.8. The fraction of sp³-hybridized carbons (Fsp3) is 1.00. The van der Waals surface area contributed by atoms with Gasteiger partial charge in [0.25, 0.3) is 0 Å². The number of fused-ring (bicyclic) bond motifs is 1. The van der Waals surface area contributed by atoms with Gasteiger partial charge in [-0.25, -0.2) is 0 Å². The summed E-state index contributed by atoms with van der Waals surface area (Å²) in [6.45, 7) is 9.73. The molecular formula is C12H22. The molecule has 2 rings (SSSR count). The molecule has 0 radical (unpaired) electrons. The normalized spacial score (nSPS) is 52.5. The van der Waals surface area contributed by atoms with Gasteiger partial charge in [-0.05, 0) is 41.9 Å². The first-order valence-corrected chi connectivity index (χ1v) is 5.60. The van der Waals surface area contributed by atoms with Gasteiger partial charge in [0, 0.05) is 0 Å². The van der Waals surface area contributed by atoms with Gasteiger partial charge in [-0.2, -0.15) is 0 Å². The highest BCUT2D eigenvalue weighted by Gasteiger charge is 2.72. The van der Waals surface area contributed by atoms with Crippen LogP contribution in [0.5, 0.6) is 0 Å². The molecule has 0 heteroatoms. The number of rotatable bonds is 3. The lowest BCUT2D eigenvalue weighted by Crippen LogP contribution is -2.45. The van der Waals surface area contributed by atoms with Crippen molar-refractivity contribution < 1.29 is 0 Å². The van der Waals surface area contributed by atoms with Crippen molar-refractivity contribution in [3.63, 3.8) is 0 Å². The minimum Gasteiger partial charge on any atom is -0.0651 e. The van der Waals surface area contributed by atoms with Gasteiger partial charge in [-0.1, -0.05) is 34.1 Å². The second-order valence-corrected chi connectivity index (χ2v) is 5.34. The molecule has 0 aromatic rings. The van der Waals surface area contributed by atoms with Gasteiger partial charge in [0.15, 0.2) is 0 Å². The molecule has 4 atom stereocenters. The monoisotopic (exact) mass is 166 g/mol. The summed E-state index contributed by atoms with van der Waals surface area (Å²) in [5.41, 5.74) is 1.52. The van der Waals surface area contributed by atoms with Crippen molar-refractivity contribution in [2.75, 3.05) is 0 Å². The molecule has 0 N–H and O–H groups in total. The van der Waals surface area contributed by atoms with E-state index in [4.69, 9.17) is 0 Å². The summed E-state index contributed by atoms with van der Waals surface area (Å²) in [4.78, 5) is 0. The van der Waals surface area contributed by atoms with Gasteiger partial charge in [0.2, 0.25) is 0 Å². The smallest absolute Gasteiger partial charge is 0.0215 e. The van der Waals surface area contributed by atoms with E-state index < -0.39 is 0 Å². The molecule has 2 saturated carbocycles. The van der Waals surface area contributed by atoms with Gasteiger partial charge >= 0.3 is 0 Å². The van der Waals surface area contributed by atoms with Crippen LogP contribution in [0.15, 0.2) is 0 Å². The SMILES string of the molecule is CCC(C)C1(CC)CC2CC21C. The molecule has 0 aromatic heterocycles. The summed E-state index contributed by atoms with van der Waals surface area (Å²) in [7, 11) is 0. The number of hydrogen-bond donors (Lipinski definition) is 0. The van der Waals surface area contributed by atoms with Crippen molar-refractivity contribution in [1.29, 1.82) is 0 Å². The fourth-order valence-electron chi connectivity index (χ4n) is 3.95. The van der Waals surface area contributed by atoms with Gasteiger partial charge in [0.1, 0.15) is 0 Å². The van der Waals surface area contributed by atoms with Crippen LogP contribution in [0.25, 0.3) is 0 Å². The Hall–Kier alpha value is 0. The highest BCUT2D eigenvalue weighted by molar-refractivity contribution is 5.21. The van der Waals surface area contributed by atoms with Crippen LogP contribution in [0.4, 0.5) is 0 Å². The standard InChI is InChI=1S/C12H22/c1-5-9(3)12(6-2)8-10-7-11(10,12)4/h9-10H,5-8H2,1-4H3. The predicted molar refractivity (Wildman–Crippen MR) is 53.0 cm³/mol. The van der Waals surface area contributed by atoms with Crippen LogP contribution in [0, 0.1) is 22.7 Å². The largest absolute Gasteiger partial charge is 0.0651 e. The number of hydrogen-bond acceptors (Lipinski definition) is 0. The Morgan fingerprint density at radius 2 is 2.00 bits per heavy atom. The van der Waals surface area contributed by atoms with Crippen LogP contribution in [0.1, 0.15) is 53.4 Å². The Morgan fingerprint density at radius 3 is 2.25 bits per heavy atom. The van der Waals surface area contributed by atoms with Crippen molar-refractivity contribution in [2.45, 2.75) is 53.4 Å². The Kier molecular flexibility index (Phi) is 1.63. The average Bonchev–Trinajstić information content (AvgIpc) is 2.60. The minimum absolute atomic E-state index is 0.742. The molecule has 70 valence electrons. The van der Waals surface area contributed by atoms with Gasteiger partial charge in [0.05, 0.1) is 0 Å². The Balaban J connectivity index is 2.16. The molecular weight excluding hydrogens is 144 g/mol. The Labute approximate surface area is 76.7 Å². The van der Waals surface area contributed by atoms with E-state index >= 15 is 0 Å². The maximum absolute atomic E-state index is 2.52. The van der Waals surface area contributed by atoms with E-state index in [2.05, 4.69) is 27.7 Å². The molecule has 2 aliphatic carbocycles. The molecule has 0 bridgehead atoms. The van der Waals surface area contributed by atoms with Crippen molar-refractivity contribution in [3.8, 4) is 0 Å². The van der Waals surface area contributed by atoms with Gasteiger partial charge < -0.3 is 0 Å². The van der Waals surface area contributed by atoms with E-state index in [1.54, 1.807) is 0 Å². The maximum Gasteiger partial charge on any atom is -0.0215 e. The van der Waals surface area contributed by atoms with E-state index in [0.717, 1.165) is 22.7 Å². The van der Waals surface area contributed by atoms with Crippen molar-refractivity contribution in [2.24, 2.45) is 22.7 Å². The minimum atomic E-state index is 0.742. The summed E-state index contributed by atoms with van der Waals surface area (Å²) >= 11 is 0. The van der Waals surface area contributed by atoms with Gasteiger partial charge in [-0.15, -0.1) is 0 Å². The third kappa shape index (κ3) is 0.701. The third-order valence-corrected chi connectivity index (χ3v) is 5.35. The van der Waals surface area contributed by atoms with Crippen LogP contribution in [0.3, 0.4) is 0 Å². The van der Waals surface area contributed by atoms with Gasteiger partial charge in [-0.3, -0.25) is 0 Å². The lowest BCUT2D eigenvalue weighted by atomic mass is 9.52. The molecule has 2 aliphatic rings. The first-order chi connectivity index (χ1) is 5.60. The highest BCUT2D eigenvalue weighted by Crippen LogP contribution is 2.80.